The van der Waals surface area contributed by atoms with E-state index in [0.29, 0.717) is 6.61 Å². The Bertz CT molecular complexity index is 862. The highest BCUT2D eigenvalue weighted by molar-refractivity contribution is 7.10. The van der Waals surface area contributed by atoms with Crippen molar-refractivity contribution in [2.45, 2.75) is 32.4 Å². The van der Waals surface area contributed by atoms with Gasteiger partial charge in [-0.1, -0.05) is 86.6 Å². The van der Waals surface area contributed by atoms with Gasteiger partial charge in [0.1, 0.15) is 7.11 Å². The summed E-state index contributed by atoms with van der Waals surface area (Å²) in [6.07, 6.45) is 1.75. The fourth-order valence-corrected chi connectivity index (χ4v) is 9.01. The van der Waals surface area contributed by atoms with Crippen molar-refractivity contribution < 1.29 is 9.26 Å². The molecule has 1 heterocycles. The Morgan fingerprint density at radius 3 is 2.00 bits per heavy atom. The van der Waals surface area contributed by atoms with E-state index in [0.717, 1.165) is 10.4 Å². The van der Waals surface area contributed by atoms with Gasteiger partial charge in [-0.15, -0.1) is 11.3 Å². The topological polar surface area (TPSA) is 30.8 Å². The smallest absolute Gasteiger partial charge is 0.261 e. The molecule has 0 amide bonds. The van der Waals surface area contributed by atoms with E-state index in [2.05, 4.69) is 98.0 Å². The second-order valence-corrected chi connectivity index (χ2v) is 13.0. The Hall–Kier alpha value is -2.21. The number of benzene rings is 2. The monoisotopic (exact) mass is 409 g/mol. The Morgan fingerprint density at radius 2 is 1.50 bits per heavy atom. The van der Waals surface area contributed by atoms with Gasteiger partial charge in [-0.25, -0.2) is 0 Å². The molecule has 0 saturated heterocycles. The van der Waals surface area contributed by atoms with E-state index in [4.69, 9.17) is 9.26 Å². The summed E-state index contributed by atoms with van der Waals surface area (Å²) in [5.41, 5.74) is 1.05. The molecule has 28 heavy (non-hydrogen) atoms. The summed E-state index contributed by atoms with van der Waals surface area (Å²) in [5, 5.41) is 8.54. The number of nitrogens with zero attached hydrogens (tertiary/aromatic N) is 1. The van der Waals surface area contributed by atoms with Crippen molar-refractivity contribution in [1.82, 2.24) is 0 Å². The van der Waals surface area contributed by atoms with Crippen molar-refractivity contribution in [3.05, 3.63) is 82.6 Å². The van der Waals surface area contributed by atoms with E-state index in [1.54, 1.807) is 24.7 Å². The molecule has 146 valence electrons. The number of hydrogen-bond acceptors (Lipinski definition) is 4. The maximum Gasteiger partial charge on any atom is 0.261 e. The van der Waals surface area contributed by atoms with Gasteiger partial charge in [0, 0.05) is 10.4 Å². The molecule has 0 unspecified atom stereocenters. The van der Waals surface area contributed by atoms with E-state index >= 15 is 0 Å². The fraction of sp³-hybridized carbons (Fsp3) is 0.261. The van der Waals surface area contributed by atoms with Crippen molar-refractivity contribution in [3.8, 4) is 0 Å². The average molecular weight is 410 g/mol. The van der Waals surface area contributed by atoms with E-state index < -0.39 is 8.32 Å². The third-order valence-electron chi connectivity index (χ3n) is 4.91. The lowest BCUT2D eigenvalue weighted by molar-refractivity contribution is 0.215. The maximum atomic E-state index is 6.98. The Kier molecular flexibility index (Phi) is 6.49. The van der Waals surface area contributed by atoms with Gasteiger partial charge in [0.2, 0.25) is 0 Å². The molecule has 0 aliphatic heterocycles. The van der Waals surface area contributed by atoms with E-state index in [1.807, 2.05) is 0 Å². The molecule has 2 aromatic carbocycles. The molecule has 0 bridgehead atoms. The lowest BCUT2D eigenvalue weighted by Gasteiger charge is -2.43. The first kappa shape index (κ1) is 20.5. The Labute approximate surface area is 172 Å². The summed E-state index contributed by atoms with van der Waals surface area (Å²) >= 11 is 1.69. The molecule has 5 heteroatoms. The van der Waals surface area contributed by atoms with Crippen LogP contribution >= 0.6 is 11.3 Å². The fourth-order valence-electron chi connectivity index (χ4n) is 3.63. The highest BCUT2D eigenvalue weighted by Gasteiger charge is 2.50. The quantitative estimate of drug-likeness (QED) is 0.319. The molecule has 3 rings (SSSR count). The molecule has 3 aromatic rings. The van der Waals surface area contributed by atoms with Gasteiger partial charge in [0.15, 0.2) is 0 Å². The highest BCUT2D eigenvalue weighted by Crippen LogP contribution is 2.37. The molecule has 0 aliphatic rings. The molecule has 0 fully saturated rings. The average Bonchev–Trinajstić information content (AvgIpc) is 3.15. The molecular formula is C23H27NO2SSi. The van der Waals surface area contributed by atoms with E-state index in [-0.39, 0.29) is 5.04 Å². The van der Waals surface area contributed by atoms with Crippen LogP contribution in [0.15, 0.2) is 77.3 Å². The molecule has 0 aliphatic carbocycles. The zero-order chi connectivity index (χ0) is 20.0. The first-order chi connectivity index (χ1) is 13.5. The molecule has 0 saturated carbocycles. The van der Waals surface area contributed by atoms with Crippen LogP contribution in [-0.2, 0) is 15.9 Å². The third-order valence-corrected chi connectivity index (χ3v) is 10.8. The van der Waals surface area contributed by atoms with Gasteiger partial charge in [0.25, 0.3) is 8.32 Å². The Balaban J connectivity index is 2.07. The van der Waals surface area contributed by atoms with Crippen LogP contribution in [0, 0.1) is 0 Å². The summed E-state index contributed by atoms with van der Waals surface area (Å²) in [6, 6.07) is 23.5. The zero-order valence-corrected chi connectivity index (χ0v) is 18.7. The SMILES string of the molecule is CO/N=C/c1ccsc1CO[Si](c1ccccc1)(c1ccccc1)C(C)(C)C. The minimum atomic E-state index is -2.53. The summed E-state index contributed by atoms with van der Waals surface area (Å²) in [5.74, 6) is 0. The van der Waals surface area contributed by atoms with Crippen LogP contribution in [0.5, 0.6) is 0 Å². The van der Waals surface area contributed by atoms with Crippen molar-refractivity contribution in [1.29, 1.82) is 0 Å². The summed E-state index contributed by atoms with van der Waals surface area (Å²) in [7, 11) is -0.972. The molecule has 1 aromatic heterocycles. The van der Waals surface area contributed by atoms with Gasteiger partial charge in [0.05, 0.1) is 12.8 Å². The third kappa shape index (κ3) is 4.11. The second kappa shape index (κ2) is 8.86. The standard InChI is InChI=1S/C23H27NO2SSi/c1-23(2,3)28(20-11-7-5-8-12-20,21-13-9-6-10-14-21)26-18-22-19(15-16-27-22)17-24-25-4/h5-17H,18H2,1-4H3/b24-17+. The summed E-state index contributed by atoms with van der Waals surface area (Å²) < 4.78 is 6.98. The van der Waals surface area contributed by atoms with Gasteiger partial charge in [-0.2, -0.15) is 0 Å². The van der Waals surface area contributed by atoms with Crippen LogP contribution in [-0.4, -0.2) is 21.6 Å². The molecule has 0 radical (unpaired) electrons. The summed E-state index contributed by atoms with van der Waals surface area (Å²) in [4.78, 5) is 6.01. The lowest BCUT2D eigenvalue weighted by atomic mass is 10.2. The second-order valence-electron chi connectivity index (χ2n) is 7.67. The molecular weight excluding hydrogens is 382 g/mol. The number of oxime groups is 1. The van der Waals surface area contributed by atoms with Crippen LogP contribution in [0.3, 0.4) is 0 Å². The van der Waals surface area contributed by atoms with Crippen molar-refractivity contribution in [2.75, 3.05) is 7.11 Å². The number of hydrogen-bond donors (Lipinski definition) is 0. The van der Waals surface area contributed by atoms with Crippen LogP contribution in [0.1, 0.15) is 31.2 Å². The van der Waals surface area contributed by atoms with Crippen LogP contribution in [0.4, 0.5) is 0 Å². The van der Waals surface area contributed by atoms with Crippen molar-refractivity contribution in [3.63, 3.8) is 0 Å². The van der Waals surface area contributed by atoms with Crippen molar-refractivity contribution in [2.24, 2.45) is 5.16 Å². The van der Waals surface area contributed by atoms with Gasteiger partial charge in [-0.05, 0) is 26.9 Å². The molecule has 0 N–H and O–H groups in total. The molecule has 0 spiro atoms. The largest absolute Gasteiger partial charge is 0.402 e. The number of thiophene rings is 1. The van der Waals surface area contributed by atoms with E-state index in [1.165, 1.54) is 10.4 Å². The first-order valence-electron chi connectivity index (χ1n) is 9.37. The number of rotatable bonds is 7. The van der Waals surface area contributed by atoms with Gasteiger partial charge < -0.3 is 9.26 Å². The predicted octanol–water partition coefficient (Wildman–Crippen LogP) is 4.81. The van der Waals surface area contributed by atoms with Crippen LogP contribution < -0.4 is 10.4 Å². The summed E-state index contributed by atoms with van der Waals surface area (Å²) in [6.45, 7) is 7.43. The molecule has 3 nitrogen and oxygen atoms in total. The van der Waals surface area contributed by atoms with Gasteiger partial charge in [-0.3, -0.25) is 0 Å². The maximum absolute atomic E-state index is 6.98. The normalized spacial score (nSPS) is 12.4. The van der Waals surface area contributed by atoms with Crippen LogP contribution in [0.2, 0.25) is 5.04 Å². The molecule has 0 atom stereocenters. The zero-order valence-electron chi connectivity index (χ0n) is 16.9. The minimum Gasteiger partial charge on any atom is -0.402 e. The lowest BCUT2D eigenvalue weighted by Crippen LogP contribution is -2.66. The Morgan fingerprint density at radius 1 is 0.929 bits per heavy atom. The van der Waals surface area contributed by atoms with Gasteiger partial charge >= 0.3 is 0 Å². The van der Waals surface area contributed by atoms with E-state index in [9.17, 15) is 0 Å². The van der Waals surface area contributed by atoms with Crippen LogP contribution in [0.25, 0.3) is 0 Å². The minimum absolute atomic E-state index is 0.0340. The van der Waals surface area contributed by atoms with Crippen molar-refractivity contribution >= 4 is 36.2 Å². The highest BCUT2D eigenvalue weighted by atomic mass is 32.1. The first-order valence-corrected chi connectivity index (χ1v) is 12.2. The predicted molar refractivity (Wildman–Crippen MR) is 121 cm³/mol.